The van der Waals surface area contributed by atoms with Gasteiger partial charge in [-0.25, -0.2) is 0 Å². The average Bonchev–Trinajstić information content (AvgIpc) is 2.20. The van der Waals surface area contributed by atoms with E-state index in [1.165, 1.54) is 13.2 Å². The van der Waals surface area contributed by atoms with Crippen LogP contribution in [-0.4, -0.2) is 18.9 Å². The van der Waals surface area contributed by atoms with E-state index in [1.54, 1.807) is 19.9 Å². The van der Waals surface area contributed by atoms with Crippen LogP contribution in [0, 0.1) is 11.3 Å². The van der Waals surface area contributed by atoms with Crippen molar-refractivity contribution in [3.63, 3.8) is 0 Å². The summed E-state index contributed by atoms with van der Waals surface area (Å²) < 4.78 is 4.74. The number of hydrogen-bond donors (Lipinski definition) is 0. The van der Waals surface area contributed by atoms with Crippen molar-refractivity contribution in [1.29, 1.82) is 0 Å². The summed E-state index contributed by atoms with van der Waals surface area (Å²) in [5.74, 6) is -0.441. The summed E-state index contributed by atoms with van der Waals surface area (Å²) in [6.45, 7) is 7.42. The smallest absolute Gasteiger partial charge is 0.311 e. The van der Waals surface area contributed by atoms with Gasteiger partial charge in [0.15, 0.2) is 5.78 Å². The van der Waals surface area contributed by atoms with Crippen molar-refractivity contribution in [1.82, 2.24) is 0 Å². The fourth-order valence-corrected chi connectivity index (χ4v) is 1.84. The second-order valence-corrected chi connectivity index (χ2v) is 4.34. The van der Waals surface area contributed by atoms with Crippen LogP contribution in [0.25, 0.3) is 0 Å². The SMILES string of the molecule is C=C1C=CC(=O)C[C@H]1C(C)(C)C(=O)OC. The summed E-state index contributed by atoms with van der Waals surface area (Å²) in [6, 6.07) is 0. The maximum absolute atomic E-state index is 11.6. The van der Waals surface area contributed by atoms with Crippen LogP contribution in [-0.2, 0) is 14.3 Å². The molecule has 0 heterocycles. The molecule has 0 saturated carbocycles. The number of allylic oxidation sites excluding steroid dienone is 3. The van der Waals surface area contributed by atoms with Crippen molar-refractivity contribution in [2.75, 3.05) is 7.11 Å². The minimum Gasteiger partial charge on any atom is -0.469 e. The second-order valence-electron chi connectivity index (χ2n) is 4.34. The van der Waals surface area contributed by atoms with Crippen molar-refractivity contribution >= 4 is 11.8 Å². The number of carbonyl (C=O) groups is 2. The predicted octanol–water partition coefficient (Wildman–Crippen LogP) is 1.89. The van der Waals surface area contributed by atoms with Crippen molar-refractivity contribution in [3.05, 3.63) is 24.3 Å². The van der Waals surface area contributed by atoms with Gasteiger partial charge in [-0.05, 0) is 19.9 Å². The van der Waals surface area contributed by atoms with E-state index in [2.05, 4.69) is 6.58 Å². The fraction of sp³-hybridized carbons (Fsp3) is 0.500. The first-order chi connectivity index (χ1) is 6.89. The van der Waals surface area contributed by atoms with E-state index in [4.69, 9.17) is 4.74 Å². The van der Waals surface area contributed by atoms with Crippen LogP contribution in [0.5, 0.6) is 0 Å². The molecular formula is C12H16O3. The standard InChI is InChI=1S/C12H16O3/c1-8-5-6-9(13)7-10(8)12(2,3)11(14)15-4/h5-6,10H,1,7H2,2-4H3/t10-/m1/s1. The van der Waals surface area contributed by atoms with E-state index >= 15 is 0 Å². The van der Waals surface area contributed by atoms with Gasteiger partial charge in [0.25, 0.3) is 0 Å². The molecule has 0 N–H and O–H groups in total. The highest BCUT2D eigenvalue weighted by molar-refractivity contribution is 5.93. The first-order valence-corrected chi connectivity index (χ1v) is 4.87. The van der Waals surface area contributed by atoms with E-state index in [0.29, 0.717) is 6.42 Å². The van der Waals surface area contributed by atoms with Gasteiger partial charge in [-0.2, -0.15) is 0 Å². The van der Waals surface area contributed by atoms with E-state index in [1.807, 2.05) is 0 Å². The van der Waals surface area contributed by atoms with Crippen LogP contribution < -0.4 is 0 Å². The lowest BCUT2D eigenvalue weighted by Crippen LogP contribution is -2.37. The Kier molecular flexibility index (Phi) is 3.12. The number of methoxy groups -OCH3 is 1. The molecule has 0 aliphatic heterocycles. The Labute approximate surface area is 89.8 Å². The number of hydrogen-bond acceptors (Lipinski definition) is 3. The van der Waals surface area contributed by atoms with Crippen LogP contribution in [0.15, 0.2) is 24.3 Å². The molecule has 3 nitrogen and oxygen atoms in total. The summed E-state index contributed by atoms with van der Waals surface area (Å²) in [5.41, 5.74) is 0.108. The third kappa shape index (κ3) is 2.17. The van der Waals surface area contributed by atoms with Crippen LogP contribution in [0.3, 0.4) is 0 Å². The maximum Gasteiger partial charge on any atom is 0.311 e. The summed E-state index contributed by atoms with van der Waals surface area (Å²) in [7, 11) is 1.35. The van der Waals surface area contributed by atoms with Gasteiger partial charge in [-0.1, -0.05) is 18.2 Å². The minimum absolute atomic E-state index is 0.0318. The van der Waals surface area contributed by atoms with Crippen LogP contribution in [0.4, 0.5) is 0 Å². The Hall–Kier alpha value is -1.38. The molecule has 0 saturated heterocycles. The zero-order chi connectivity index (χ0) is 11.6. The Balaban J connectivity index is 2.97. The first kappa shape index (κ1) is 11.7. The number of ether oxygens (including phenoxy) is 1. The van der Waals surface area contributed by atoms with Crippen molar-refractivity contribution in [2.24, 2.45) is 11.3 Å². The molecule has 0 amide bonds. The molecule has 0 unspecified atom stereocenters. The number of rotatable bonds is 2. The highest BCUT2D eigenvalue weighted by atomic mass is 16.5. The Morgan fingerprint density at radius 3 is 2.67 bits per heavy atom. The summed E-state index contributed by atoms with van der Waals surface area (Å²) in [6.07, 6.45) is 3.52. The fourth-order valence-electron chi connectivity index (χ4n) is 1.84. The Morgan fingerprint density at radius 2 is 2.13 bits per heavy atom. The third-order valence-corrected chi connectivity index (χ3v) is 2.92. The molecule has 1 rings (SSSR count). The molecule has 0 aromatic heterocycles. The molecule has 0 fully saturated rings. The second kappa shape index (κ2) is 4.01. The van der Waals surface area contributed by atoms with Gasteiger partial charge in [0.1, 0.15) is 0 Å². The minimum atomic E-state index is -0.702. The molecule has 15 heavy (non-hydrogen) atoms. The van der Waals surface area contributed by atoms with Crippen LogP contribution in [0.1, 0.15) is 20.3 Å². The van der Waals surface area contributed by atoms with Crippen molar-refractivity contribution in [3.8, 4) is 0 Å². The normalized spacial score (nSPS) is 21.7. The lowest BCUT2D eigenvalue weighted by molar-refractivity contribution is -0.153. The molecule has 0 radical (unpaired) electrons. The molecule has 1 aliphatic carbocycles. The molecular weight excluding hydrogens is 192 g/mol. The van der Waals surface area contributed by atoms with Crippen LogP contribution in [0.2, 0.25) is 0 Å². The molecule has 3 heteroatoms. The number of carbonyl (C=O) groups excluding carboxylic acids is 2. The average molecular weight is 208 g/mol. The van der Waals surface area contributed by atoms with E-state index in [-0.39, 0.29) is 17.7 Å². The molecule has 0 bridgehead atoms. The summed E-state index contributed by atoms with van der Waals surface area (Å²) >= 11 is 0. The molecule has 0 aromatic rings. The monoisotopic (exact) mass is 208 g/mol. The predicted molar refractivity (Wildman–Crippen MR) is 57.2 cm³/mol. The number of ketones is 1. The summed E-state index contributed by atoms with van der Waals surface area (Å²) in [5, 5.41) is 0. The topological polar surface area (TPSA) is 43.4 Å². The highest BCUT2D eigenvalue weighted by Gasteiger charge is 2.40. The van der Waals surface area contributed by atoms with Gasteiger partial charge in [-0.15, -0.1) is 0 Å². The molecule has 0 aromatic carbocycles. The zero-order valence-electron chi connectivity index (χ0n) is 9.37. The van der Waals surface area contributed by atoms with Gasteiger partial charge >= 0.3 is 5.97 Å². The molecule has 0 spiro atoms. The third-order valence-electron chi connectivity index (χ3n) is 2.92. The number of esters is 1. The van der Waals surface area contributed by atoms with Crippen molar-refractivity contribution < 1.29 is 14.3 Å². The molecule has 82 valence electrons. The lowest BCUT2D eigenvalue weighted by Gasteiger charge is -2.33. The van der Waals surface area contributed by atoms with Crippen molar-refractivity contribution in [2.45, 2.75) is 20.3 Å². The van der Waals surface area contributed by atoms with E-state index in [0.717, 1.165) is 5.57 Å². The lowest BCUT2D eigenvalue weighted by atomic mass is 9.70. The van der Waals surface area contributed by atoms with Gasteiger partial charge in [0.2, 0.25) is 0 Å². The largest absolute Gasteiger partial charge is 0.469 e. The maximum atomic E-state index is 11.6. The van der Waals surface area contributed by atoms with E-state index < -0.39 is 5.41 Å². The van der Waals surface area contributed by atoms with Crippen LogP contribution >= 0.6 is 0 Å². The first-order valence-electron chi connectivity index (χ1n) is 4.87. The Bertz CT molecular complexity index is 337. The van der Waals surface area contributed by atoms with Gasteiger partial charge in [0.05, 0.1) is 12.5 Å². The molecule has 1 atom stereocenters. The highest BCUT2D eigenvalue weighted by Crippen LogP contribution is 2.38. The molecule has 1 aliphatic rings. The summed E-state index contributed by atoms with van der Waals surface area (Å²) in [4.78, 5) is 22.9. The zero-order valence-corrected chi connectivity index (χ0v) is 9.37. The quantitative estimate of drug-likeness (QED) is 0.651. The Morgan fingerprint density at radius 1 is 1.53 bits per heavy atom. The van der Waals surface area contributed by atoms with Gasteiger partial charge in [-0.3, -0.25) is 9.59 Å². The van der Waals surface area contributed by atoms with Gasteiger partial charge in [0, 0.05) is 12.3 Å². The van der Waals surface area contributed by atoms with E-state index in [9.17, 15) is 9.59 Å². The van der Waals surface area contributed by atoms with Gasteiger partial charge < -0.3 is 4.74 Å².